The second kappa shape index (κ2) is 4.80. The first-order valence-corrected chi connectivity index (χ1v) is 6.82. The first-order chi connectivity index (χ1) is 7.16. The first kappa shape index (κ1) is 11.3. The monoisotopic (exact) mass is 336 g/mol. The lowest BCUT2D eigenvalue weighted by Crippen LogP contribution is -2.49. The van der Waals surface area contributed by atoms with Crippen molar-refractivity contribution in [2.75, 3.05) is 26.7 Å². The summed E-state index contributed by atoms with van der Waals surface area (Å²) in [6.45, 7) is 3.00. The molecule has 0 atom stereocenters. The maximum absolute atomic E-state index is 11.7. The summed E-state index contributed by atoms with van der Waals surface area (Å²) in [4.78, 5) is 14.8. The molecule has 3 nitrogen and oxygen atoms in total. The molecule has 1 saturated heterocycles. The van der Waals surface area contributed by atoms with Crippen LogP contribution >= 0.6 is 33.9 Å². The third-order valence-corrected chi connectivity index (χ3v) is 4.69. The summed E-state index contributed by atoms with van der Waals surface area (Å²) < 4.78 is 1.04. The van der Waals surface area contributed by atoms with Gasteiger partial charge in [-0.25, -0.2) is 0 Å². The summed E-state index contributed by atoms with van der Waals surface area (Å²) in [6.07, 6.45) is 0. The Morgan fingerprint density at radius 1 is 1.73 bits per heavy atom. The van der Waals surface area contributed by atoms with Crippen molar-refractivity contribution in [1.82, 2.24) is 10.2 Å². The normalized spacial score (nSPS) is 17.5. The van der Waals surface area contributed by atoms with Gasteiger partial charge in [-0.1, -0.05) is 0 Å². The van der Waals surface area contributed by atoms with E-state index >= 15 is 0 Å². The van der Waals surface area contributed by atoms with Crippen LogP contribution in [0.4, 0.5) is 0 Å². The second-order valence-corrected chi connectivity index (χ2v) is 5.97. The molecule has 1 aromatic rings. The van der Waals surface area contributed by atoms with E-state index in [-0.39, 0.29) is 5.91 Å². The van der Waals surface area contributed by atoms with Crippen LogP contribution in [0.2, 0.25) is 0 Å². The fourth-order valence-electron chi connectivity index (χ4n) is 1.73. The second-order valence-electron chi connectivity index (χ2n) is 3.89. The number of likely N-dealkylation sites (tertiary alicyclic amines) is 1. The maximum atomic E-state index is 11.7. The third kappa shape index (κ3) is 2.70. The Kier molecular flexibility index (Phi) is 3.63. The van der Waals surface area contributed by atoms with Crippen molar-refractivity contribution < 1.29 is 4.79 Å². The minimum Gasteiger partial charge on any atom is -0.351 e. The van der Waals surface area contributed by atoms with Gasteiger partial charge in [0.05, 0.1) is 0 Å². The SMILES string of the molecule is CN1CC(CNC(=O)c2sccc2I)C1. The Labute approximate surface area is 107 Å². The fraction of sp³-hybridized carbons (Fsp3) is 0.500. The molecular weight excluding hydrogens is 323 g/mol. The van der Waals surface area contributed by atoms with Crippen LogP contribution in [-0.4, -0.2) is 37.5 Å². The Morgan fingerprint density at radius 2 is 2.47 bits per heavy atom. The Morgan fingerprint density at radius 3 is 3.00 bits per heavy atom. The number of nitrogens with one attached hydrogen (secondary N) is 1. The molecular formula is C10H13IN2OS. The van der Waals surface area contributed by atoms with Crippen LogP contribution in [0.1, 0.15) is 9.67 Å². The smallest absolute Gasteiger partial charge is 0.262 e. The van der Waals surface area contributed by atoms with Gasteiger partial charge in [-0.05, 0) is 41.1 Å². The lowest BCUT2D eigenvalue weighted by atomic mass is 10.0. The van der Waals surface area contributed by atoms with E-state index in [0.717, 1.165) is 28.1 Å². The average molecular weight is 336 g/mol. The summed E-state index contributed by atoms with van der Waals surface area (Å²) in [6, 6.07) is 1.97. The van der Waals surface area contributed by atoms with E-state index in [2.05, 4.69) is 39.9 Å². The van der Waals surface area contributed by atoms with E-state index in [1.165, 1.54) is 11.3 Å². The van der Waals surface area contributed by atoms with Crippen molar-refractivity contribution in [3.63, 3.8) is 0 Å². The molecule has 1 aromatic heterocycles. The molecule has 0 saturated carbocycles. The Hall–Kier alpha value is -0.140. The highest BCUT2D eigenvalue weighted by Crippen LogP contribution is 2.18. The lowest BCUT2D eigenvalue weighted by Gasteiger charge is -2.36. The molecule has 5 heteroatoms. The molecule has 0 aliphatic carbocycles. The molecule has 2 rings (SSSR count). The highest BCUT2D eigenvalue weighted by atomic mass is 127. The van der Waals surface area contributed by atoms with Crippen LogP contribution in [0.3, 0.4) is 0 Å². The van der Waals surface area contributed by atoms with Crippen molar-refractivity contribution in [3.05, 3.63) is 19.9 Å². The molecule has 0 radical (unpaired) electrons. The van der Waals surface area contributed by atoms with Gasteiger partial charge in [0, 0.05) is 29.1 Å². The molecule has 1 amide bonds. The zero-order valence-corrected chi connectivity index (χ0v) is 11.5. The summed E-state index contributed by atoms with van der Waals surface area (Å²) in [5, 5.41) is 4.94. The number of carbonyl (C=O) groups is 1. The molecule has 0 spiro atoms. The number of carbonyl (C=O) groups excluding carboxylic acids is 1. The van der Waals surface area contributed by atoms with E-state index < -0.39 is 0 Å². The fourth-order valence-corrected chi connectivity index (χ4v) is 3.48. The molecule has 0 bridgehead atoms. The van der Waals surface area contributed by atoms with Crippen molar-refractivity contribution in [2.24, 2.45) is 5.92 Å². The zero-order valence-electron chi connectivity index (χ0n) is 8.50. The van der Waals surface area contributed by atoms with Crippen LogP contribution in [0, 0.1) is 9.49 Å². The highest BCUT2D eigenvalue weighted by Gasteiger charge is 2.23. The zero-order chi connectivity index (χ0) is 10.8. The van der Waals surface area contributed by atoms with Gasteiger partial charge in [0.15, 0.2) is 0 Å². The molecule has 1 N–H and O–H groups in total. The summed E-state index contributed by atoms with van der Waals surface area (Å²) in [7, 11) is 2.10. The van der Waals surface area contributed by atoms with Crippen LogP contribution < -0.4 is 5.32 Å². The van der Waals surface area contributed by atoms with Gasteiger partial charge in [-0.15, -0.1) is 11.3 Å². The number of halogens is 1. The standard InChI is InChI=1S/C10H13IN2OS/c1-13-5-7(6-13)4-12-10(14)9-8(11)2-3-15-9/h2-3,7H,4-6H2,1H3,(H,12,14). The van der Waals surface area contributed by atoms with Crippen LogP contribution in [0.5, 0.6) is 0 Å². The summed E-state index contributed by atoms with van der Waals surface area (Å²) in [5.74, 6) is 0.709. The number of thiophene rings is 1. The minimum atomic E-state index is 0.0731. The van der Waals surface area contributed by atoms with E-state index in [1.807, 2.05) is 11.4 Å². The number of nitrogens with zero attached hydrogens (tertiary/aromatic N) is 1. The molecule has 1 aliphatic rings. The van der Waals surface area contributed by atoms with E-state index in [4.69, 9.17) is 0 Å². The lowest BCUT2D eigenvalue weighted by molar-refractivity contribution is 0.0901. The number of hydrogen-bond acceptors (Lipinski definition) is 3. The Bertz CT molecular complexity index is 360. The summed E-state index contributed by atoms with van der Waals surface area (Å²) >= 11 is 3.70. The molecule has 1 fully saturated rings. The molecule has 15 heavy (non-hydrogen) atoms. The van der Waals surface area contributed by atoms with Gasteiger partial charge in [-0.3, -0.25) is 4.79 Å². The predicted molar refractivity (Wildman–Crippen MR) is 70.4 cm³/mol. The van der Waals surface area contributed by atoms with Crippen molar-refractivity contribution >= 4 is 39.8 Å². The molecule has 0 aromatic carbocycles. The van der Waals surface area contributed by atoms with Crippen molar-refractivity contribution in [2.45, 2.75) is 0 Å². The van der Waals surface area contributed by atoms with Gasteiger partial charge < -0.3 is 10.2 Å². The number of amides is 1. The van der Waals surface area contributed by atoms with Gasteiger partial charge in [0.1, 0.15) is 4.88 Å². The van der Waals surface area contributed by atoms with Crippen LogP contribution in [0.25, 0.3) is 0 Å². The van der Waals surface area contributed by atoms with E-state index in [0.29, 0.717) is 5.92 Å². The van der Waals surface area contributed by atoms with Gasteiger partial charge in [-0.2, -0.15) is 0 Å². The summed E-state index contributed by atoms with van der Waals surface area (Å²) in [5.41, 5.74) is 0. The topological polar surface area (TPSA) is 32.3 Å². The molecule has 0 unspecified atom stereocenters. The molecule has 1 aliphatic heterocycles. The first-order valence-electron chi connectivity index (χ1n) is 4.86. The maximum Gasteiger partial charge on any atom is 0.262 e. The van der Waals surface area contributed by atoms with Crippen LogP contribution in [-0.2, 0) is 0 Å². The highest BCUT2D eigenvalue weighted by molar-refractivity contribution is 14.1. The quantitative estimate of drug-likeness (QED) is 0.852. The molecule has 2 heterocycles. The van der Waals surface area contributed by atoms with Crippen molar-refractivity contribution in [1.29, 1.82) is 0 Å². The predicted octanol–water partition coefficient (Wildman–Crippen LogP) is 1.64. The average Bonchev–Trinajstić information content (AvgIpc) is 2.57. The Balaban J connectivity index is 1.80. The molecule has 82 valence electrons. The number of rotatable bonds is 3. The van der Waals surface area contributed by atoms with Crippen LogP contribution in [0.15, 0.2) is 11.4 Å². The van der Waals surface area contributed by atoms with Gasteiger partial charge in [0.25, 0.3) is 5.91 Å². The number of hydrogen-bond donors (Lipinski definition) is 1. The van der Waals surface area contributed by atoms with Gasteiger partial charge >= 0.3 is 0 Å². The van der Waals surface area contributed by atoms with Crippen molar-refractivity contribution in [3.8, 4) is 0 Å². The largest absolute Gasteiger partial charge is 0.351 e. The van der Waals surface area contributed by atoms with E-state index in [1.54, 1.807) is 0 Å². The minimum absolute atomic E-state index is 0.0731. The van der Waals surface area contributed by atoms with Gasteiger partial charge in [0.2, 0.25) is 0 Å². The third-order valence-electron chi connectivity index (χ3n) is 2.51. The van der Waals surface area contributed by atoms with E-state index in [9.17, 15) is 4.79 Å².